The third-order valence-corrected chi connectivity index (χ3v) is 3.75. The zero-order chi connectivity index (χ0) is 16.2. The van der Waals surface area contributed by atoms with E-state index in [9.17, 15) is 14.0 Å². The average molecular weight is 317 g/mol. The number of para-hydroxylation sites is 1. The molecular formula is C16H16FN3O3. The summed E-state index contributed by atoms with van der Waals surface area (Å²) >= 11 is 0. The van der Waals surface area contributed by atoms with E-state index in [0.29, 0.717) is 25.1 Å². The van der Waals surface area contributed by atoms with Crippen molar-refractivity contribution in [2.45, 2.75) is 25.3 Å². The molecule has 2 amide bonds. The third-order valence-electron chi connectivity index (χ3n) is 3.75. The van der Waals surface area contributed by atoms with Crippen LogP contribution in [0, 0.1) is 5.82 Å². The lowest BCUT2D eigenvalue weighted by atomic mass is 10.0. The lowest BCUT2D eigenvalue weighted by Crippen LogP contribution is -2.53. The maximum Gasteiger partial charge on any atom is 0.249 e. The van der Waals surface area contributed by atoms with Crippen LogP contribution in [0.4, 0.5) is 10.1 Å². The number of anilines is 1. The first-order valence-electron chi connectivity index (χ1n) is 7.39. The predicted octanol–water partition coefficient (Wildman–Crippen LogP) is 1.67. The second kappa shape index (κ2) is 6.60. The number of rotatable bonds is 4. The molecule has 1 aromatic heterocycles. The Morgan fingerprint density at radius 3 is 2.96 bits per heavy atom. The fraction of sp³-hybridized carbons (Fsp3) is 0.312. The van der Waals surface area contributed by atoms with Crippen LogP contribution < -0.4 is 10.2 Å². The molecular weight excluding hydrogens is 301 g/mol. The Morgan fingerprint density at radius 2 is 2.22 bits per heavy atom. The van der Waals surface area contributed by atoms with E-state index >= 15 is 0 Å². The van der Waals surface area contributed by atoms with Gasteiger partial charge < -0.3 is 14.7 Å². The number of piperidine rings is 1. The van der Waals surface area contributed by atoms with Crippen molar-refractivity contribution in [3.05, 3.63) is 48.1 Å². The third kappa shape index (κ3) is 3.39. The average Bonchev–Trinajstić information content (AvgIpc) is 3.03. The molecule has 0 unspecified atom stereocenters. The summed E-state index contributed by atoms with van der Waals surface area (Å²) in [5.41, 5.74) is 0.740. The molecule has 2 aromatic rings. The van der Waals surface area contributed by atoms with E-state index in [4.69, 9.17) is 0 Å². The predicted molar refractivity (Wildman–Crippen MR) is 80.1 cm³/mol. The minimum Gasteiger partial charge on any atom is -0.364 e. The van der Waals surface area contributed by atoms with Gasteiger partial charge in [0.05, 0.1) is 17.8 Å². The summed E-state index contributed by atoms with van der Waals surface area (Å²) in [6.45, 7) is 0.440. The summed E-state index contributed by atoms with van der Waals surface area (Å²) in [5, 5.41) is 6.35. The van der Waals surface area contributed by atoms with Crippen molar-refractivity contribution in [1.82, 2.24) is 10.5 Å². The Morgan fingerprint density at radius 1 is 1.39 bits per heavy atom. The monoisotopic (exact) mass is 317 g/mol. The molecule has 7 heteroatoms. The Kier molecular flexibility index (Phi) is 4.36. The summed E-state index contributed by atoms with van der Waals surface area (Å²) < 4.78 is 18.6. The highest BCUT2D eigenvalue weighted by Crippen LogP contribution is 2.23. The van der Waals surface area contributed by atoms with Crippen molar-refractivity contribution < 1.29 is 18.5 Å². The molecule has 120 valence electrons. The zero-order valence-corrected chi connectivity index (χ0v) is 12.4. The number of aromatic nitrogens is 1. The molecule has 1 aliphatic heterocycles. The van der Waals surface area contributed by atoms with Gasteiger partial charge in [-0.15, -0.1) is 0 Å². The standard InChI is InChI=1S/C16H16FN3O3/c17-12-4-1-2-6-14(12)20-8-3-5-13(16(20)22)18-15(21)10-11-7-9-23-19-11/h1-2,4,6-7,9,13H,3,5,8,10H2,(H,18,21)/t13-/m1/s1. The van der Waals surface area contributed by atoms with Gasteiger partial charge in [-0.25, -0.2) is 4.39 Å². The molecule has 1 fully saturated rings. The molecule has 1 atom stereocenters. The normalized spacial score (nSPS) is 18.0. The number of benzene rings is 1. The molecule has 1 aliphatic rings. The van der Waals surface area contributed by atoms with Crippen LogP contribution in [0.5, 0.6) is 0 Å². The number of hydrogen-bond acceptors (Lipinski definition) is 4. The van der Waals surface area contributed by atoms with Crippen molar-refractivity contribution in [2.75, 3.05) is 11.4 Å². The van der Waals surface area contributed by atoms with Crippen LogP contribution in [-0.4, -0.2) is 29.6 Å². The van der Waals surface area contributed by atoms with Crippen LogP contribution in [0.25, 0.3) is 0 Å². The molecule has 6 nitrogen and oxygen atoms in total. The molecule has 23 heavy (non-hydrogen) atoms. The SMILES string of the molecule is O=C(Cc1ccon1)N[C@@H]1CCCN(c2ccccc2F)C1=O. The zero-order valence-electron chi connectivity index (χ0n) is 12.4. The maximum absolute atomic E-state index is 13.9. The lowest BCUT2D eigenvalue weighted by molar-refractivity contribution is -0.128. The molecule has 0 saturated carbocycles. The molecule has 0 spiro atoms. The highest BCUT2D eigenvalue weighted by atomic mass is 19.1. The molecule has 0 bridgehead atoms. The van der Waals surface area contributed by atoms with Crippen molar-refractivity contribution >= 4 is 17.5 Å². The van der Waals surface area contributed by atoms with E-state index in [2.05, 4.69) is 15.0 Å². The van der Waals surface area contributed by atoms with Gasteiger partial charge in [0.1, 0.15) is 18.1 Å². The summed E-state index contributed by atoms with van der Waals surface area (Å²) in [6, 6.07) is 7.07. The number of carbonyl (C=O) groups is 2. The van der Waals surface area contributed by atoms with Gasteiger partial charge in [-0.1, -0.05) is 17.3 Å². The molecule has 0 radical (unpaired) electrons. The van der Waals surface area contributed by atoms with Crippen LogP contribution in [0.2, 0.25) is 0 Å². The highest BCUT2D eigenvalue weighted by Gasteiger charge is 2.31. The van der Waals surface area contributed by atoms with Crippen molar-refractivity contribution in [2.24, 2.45) is 0 Å². The van der Waals surface area contributed by atoms with Crippen LogP contribution in [0.15, 0.2) is 41.1 Å². The van der Waals surface area contributed by atoms with Gasteiger partial charge >= 0.3 is 0 Å². The van der Waals surface area contributed by atoms with E-state index in [0.717, 1.165) is 0 Å². The second-order valence-corrected chi connectivity index (χ2v) is 5.37. The lowest BCUT2D eigenvalue weighted by Gasteiger charge is -2.32. The number of nitrogens with zero attached hydrogens (tertiary/aromatic N) is 2. The van der Waals surface area contributed by atoms with E-state index in [1.54, 1.807) is 24.3 Å². The minimum atomic E-state index is -0.650. The van der Waals surface area contributed by atoms with Crippen LogP contribution in [0.1, 0.15) is 18.5 Å². The van der Waals surface area contributed by atoms with E-state index in [-0.39, 0.29) is 23.9 Å². The van der Waals surface area contributed by atoms with Gasteiger partial charge in [-0.2, -0.15) is 0 Å². The second-order valence-electron chi connectivity index (χ2n) is 5.37. The first-order chi connectivity index (χ1) is 11.1. The molecule has 1 N–H and O–H groups in total. The number of hydrogen-bond donors (Lipinski definition) is 1. The fourth-order valence-corrected chi connectivity index (χ4v) is 2.66. The van der Waals surface area contributed by atoms with E-state index in [1.807, 2.05) is 0 Å². The van der Waals surface area contributed by atoms with Crippen molar-refractivity contribution in [1.29, 1.82) is 0 Å². The molecule has 2 heterocycles. The largest absolute Gasteiger partial charge is 0.364 e. The molecule has 3 rings (SSSR count). The van der Waals surface area contributed by atoms with Gasteiger partial charge in [0.2, 0.25) is 11.8 Å². The van der Waals surface area contributed by atoms with Crippen LogP contribution in [-0.2, 0) is 16.0 Å². The Labute approximate surface area is 132 Å². The van der Waals surface area contributed by atoms with E-state index in [1.165, 1.54) is 17.2 Å². The molecule has 1 aromatic carbocycles. The Balaban J connectivity index is 1.68. The summed E-state index contributed by atoms with van der Waals surface area (Å²) in [5.74, 6) is -1.06. The first kappa shape index (κ1) is 15.2. The number of nitrogens with one attached hydrogen (secondary N) is 1. The number of carbonyl (C=O) groups excluding carboxylic acids is 2. The topological polar surface area (TPSA) is 75.4 Å². The summed E-state index contributed by atoms with van der Waals surface area (Å²) in [6.07, 6.45) is 2.65. The highest BCUT2D eigenvalue weighted by molar-refractivity contribution is 6.00. The van der Waals surface area contributed by atoms with Crippen molar-refractivity contribution in [3.8, 4) is 0 Å². The van der Waals surface area contributed by atoms with Crippen molar-refractivity contribution in [3.63, 3.8) is 0 Å². The van der Waals surface area contributed by atoms with Gasteiger partial charge in [0, 0.05) is 12.6 Å². The Hall–Kier alpha value is -2.70. The van der Waals surface area contributed by atoms with Gasteiger partial charge in [0.25, 0.3) is 0 Å². The van der Waals surface area contributed by atoms with E-state index < -0.39 is 11.9 Å². The quantitative estimate of drug-likeness (QED) is 0.931. The van der Waals surface area contributed by atoms with Crippen LogP contribution >= 0.6 is 0 Å². The fourth-order valence-electron chi connectivity index (χ4n) is 2.66. The number of halogens is 1. The van der Waals surface area contributed by atoms with Gasteiger partial charge in [0.15, 0.2) is 0 Å². The molecule has 0 aliphatic carbocycles. The first-order valence-corrected chi connectivity index (χ1v) is 7.39. The maximum atomic E-state index is 13.9. The summed E-state index contributed by atoms with van der Waals surface area (Å²) in [4.78, 5) is 25.9. The number of amides is 2. The smallest absolute Gasteiger partial charge is 0.249 e. The Bertz CT molecular complexity index is 702. The van der Waals surface area contributed by atoms with Crippen LogP contribution in [0.3, 0.4) is 0 Å². The minimum absolute atomic E-state index is 0.0416. The summed E-state index contributed by atoms with van der Waals surface area (Å²) in [7, 11) is 0. The molecule has 1 saturated heterocycles. The van der Waals surface area contributed by atoms with Gasteiger partial charge in [-0.3, -0.25) is 9.59 Å². The van der Waals surface area contributed by atoms with Gasteiger partial charge in [-0.05, 0) is 25.0 Å².